The lowest BCUT2D eigenvalue weighted by Gasteiger charge is -2.44. The van der Waals surface area contributed by atoms with Crippen LogP contribution in [0.15, 0.2) is 121 Å². The average molecular weight is 651 g/mol. The zero-order chi connectivity index (χ0) is 27.4. The molecule has 1 aliphatic rings. The second-order valence-electron chi connectivity index (χ2n) is 9.81. The van der Waals surface area contributed by atoms with E-state index in [1.807, 2.05) is 72.8 Å². The summed E-state index contributed by atoms with van der Waals surface area (Å²) in [7, 11) is 0. The minimum Gasteiger partial charge on any atom is -0.374 e. The van der Waals surface area contributed by atoms with E-state index >= 15 is 0 Å². The molecule has 1 fully saturated rings. The largest absolute Gasteiger partial charge is 0.374 e. The van der Waals surface area contributed by atoms with E-state index in [9.17, 15) is 0 Å². The molecule has 0 aromatic heterocycles. The Bertz CT molecular complexity index is 1240. The summed E-state index contributed by atoms with van der Waals surface area (Å²) >= 11 is 2.32. The maximum absolute atomic E-state index is 6.65. The van der Waals surface area contributed by atoms with Crippen molar-refractivity contribution in [2.45, 2.75) is 55.0 Å². The molecular weight excluding hydrogens is 615 g/mol. The summed E-state index contributed by atoms with van der Waals surface area (Å²) in [6, 6.07) is 40.7. The third kappa shape index (κ3) is 8.46. The van der Waals surface area contributed by atoms with Crippen molar-refractivity contribution in [3.8, 4) is 0 Å². The smallest absolute Gasteiger partial charge is 0.138 e. The Kier molecular flexibility index (Phi) is 11.1. The van der Waals surface area contributed by atoms with Crippen molar-refractivity contribution >= 4 is 22.6 Å². The van der Waals surface area contributed by atoms with E-state index in [0.717, 1.165) is 22.3 Å². The standard InChI is InChI=1S/C34H35IO5/c35-34-33(39-24-29-19-11-4-12-20-29)32(38-23-28-17-9-3-10-18-28)31(37-22-27-15-7-2-8-16-27)30(40-34)25-36-21-26-13-5-1-6-14-26/h1-20,30-34H,21-25H2. The molecule has 40 heavy (non-hydrogen) atoms. The normalized spacial score (nSPS) is 22.7. The van der Waals surface area contributed by atoms with Crippen molar-refractivity contribution in [1.82, 2.24) is 0 Å². The number of benzene rings is 4. The molecule has 6 heteroatoms. The molecule has 0 spiro atoms. The maximum atomic E-state index is 6.65. The highest BCUT2D eigenvalue weighted by molar-refractivity contribution is 14.1. The topological polar surface area (TPSA) is 46.2 Å². The first kappa shape index (κ1) is 28.9. The van der Waals surface area contributed by atoms with Crippen LogP contribution in [0.4, 0.5) is 0 Å². The Balaban J connectivity index is 1.36. The zero-order valence-electron chi connectivity index (χ0n) is 22.4. The van der Waals surface area contributed by atoms with Crippen LogP contribution in [0, 0.1) is 0 Å². The molecule has 1 heterocycles. The molecule has 5 nitrogen and oxygen atoms in total. The molecule has 0 amide bonds. The van der Waals surface area contributed by atoms with Crippen molar-refractivity contribution in [3.63, 3.8) is 0 Å². The van der Waals surface area contributed by atoms with Gasteiger partial charge in [-0.2, -0.15) is 0 Å². The molecule has 4 aromatic rings. The van der Waals surface area contributed by atoms with Gasteiger partial charge >= 0.3 is 0 Å². The van der Waals surface area contributed by atoms with Gasteiger partial charge in [-0.1, -0.05) is 121 Å². The molecule has 4 aromatic carbocycles. The van der Waals surface area contributed by atoms with Gasteiger partial charge in [0.25, 0.3) is 0 Å². The highest BCUT2D eigenvalue weighted by Gasteiger charge is 2.47. The quantitative estimate of drug-likeness (QED) is 0.114. The van der Waals surface area contributed by atoms with Crippen LogP contribution in [-0.4, -0.2) is 35.1 Å². The van der Waals surface area contributed by atoms with Crippen molar-refractivity contribution in [2.24, 2.45) is 0 Å². The van der Waals surface area contributed by atoms with Gasteiger partial charge in [0.2, 0.25) is 0 Å². The lowest BCUT2D eigenvalue weighted by atomic mass is 9.99. The predicted molar refractivity (Wildman–Crippen MR) is 164 cm³/mol. The van der Waals surface area contributed by atoms with Gasteiger partial charge in [-0.25, -0.2) is 0 Å². The first-order valence-electron chi connectivity index (χ1n) is 13.6. The molecule has 0 aliphatic carbocycles. The number of hydrogen-bond acceptors (Lipinski definition) is 5. The van der Waals surface area contributed by atoms with Crippen LogP contribution >= 0.6 is 22.6 Å². The fourth-order valence-electron chi connectivity index (χ4n) is 4.73. The second kappa shape index (κ2) is 15.4. The minimum atomic E-state index is -0.397. The number of alkyl halides is 1. The Morgan fingerprint density at radius 2 is 0.850 bits per heavy atom. The van der Waals surface area contributed by atoms with Gasteiger partial charge in [-0.15, -0.1) is 0 Å². The van der Waals surface area contributed by atoms with Gasteiger partial charge in [0.1, 0.15) is 28.5 Å². The summed E-state index contributed by atoms with van der Waals surface area (Å²) in [6.07, 6.45) is -1.43. The Morgan fingerprint density at radius 3 is 1.30 bits per heavy atom. The van der Waals surface area contributed by atoms with Crippen molar-refractivity contribution in [3.05, 3.63) is 144 Å². The van der Waals surface area contributed by atoms with Crippen LogP contribution in [0.3, 0.4) is 0 Å². The Hall–Kier alpha value is -2.59. The van der Waals surface area contributed by atoms with E-state index in [4.69, 9.17) is 23.7 Å². The number of rotatable bonds is 13. The van der Waals surface area contributed by atoms with E-state index in [-0.39, 0.29) is 22.4 Å². The summed E-state index contributed by atoms with van der Waals surface area (Å²) in [5.41, 5.74) is 4.40. The lowest BCUT2D eigenvalue weighted by Crippen LogP contribution is -2.59. The molecular formula is C34H35IO5. The fraction of sp³-hybridized carbons (Fsp3) is 0.294. The van der Waals surface area contributed by atoms with E-state index in [0.29, 0.717) is 33.0 Å². The highest BCUT2D eigenvalue weighted by Crippen LogP contribution is 2.33. The van der Waals surface area contributed by atoms with Crippen molar-refractivity contribution in [1.29, 1.82) is 0 Å². The molecule has 0 N–H and O–H groups in total. The minimum absolute atomic E-state index is 0.246. The Labute approximate surface area is 250 Å². The molecule has 0 bridgehead atoms. The third-order valence-electron chi connectivity index (χ3n) is 6.83. The number of halogens is 1. The van der Waals surface area contributed by atoms with E-state index < -0.39 is 6.10 Å². The molecule has 5 rings (SSSR count). The van der Waals surface area contributed by atoms with Gasteiger partial charge in [0.15, 0.2) is 0 Å². The molecule has 0 saturated carbocycles. The molecule has 1 saturated heterocycles. The number of ether oxygens (including phenoxy) is 5. The van der Waals surface area contributed by atoms with Crippen molar-refractivity contribution < 1.29 is 23.7 Å². The van der Waals surface area contributed by atoms with Crippen LogP contribution < -0.4 is 0 Å². The summed E-state index contributed by atoms with van der Waals surface area (Å²) < 4.78 is 32.2. The summed E-state index contributed by atoms with van der Waals surface area (Å²) in [4.78, 5) is 0. The van der Waals surface area contributed by atoms with Crippen LogP contribution in [0.25, 0.3) is 0 Å². The zero-order valence-corrected chi connectivity index (χ0v) is 24.5. The van der Waals surface area contributed by atoms with Crippen molar-refractivity contribution in [2.75, 3.05) is 6.61 Å². The van der Waals surface area contributed by atoms with Gasteiger partial charge in [0, 0.05) is 0 Å². The Morgan fingerprint density at radius 1 is 0.475 bits per heavy atom. The second-order valence-corrected chi connectivity index (χ2v) is 11.0. The summed E-state index contributed by atoms with van der Waals surface area (Å²) in [5, 5.41) is 0. The van der Waals surface area contributed by atoms with Gasteiger partial charge in [-0.05, 0) is 44.8 Å². The van der Waals surface area contributed by atoms with Crippen LogP contribution in [0.1, 0.15) is 22.3 Å². The maximum Gasteiger partial charge on any atom is 0.138 e. The summed E-state index contributed by atoms with van der Waals surface area (Å²) in [5.74, 6) is 0. The predicted octanol–water partition coefficient (Wildman–Crippen LogP) is 7.12. The van der Waals surface area contributed by atoms with Gasteiger partial charge < -0.3 is 23.7 Å². The fourth-order valence-corrected chi connectivity index (χ4v) is 5.73. The highest BCUT2D eigenvalue weighted by atomic mass is 127. The van der Waals surface area contributed by atoms with E-state index in [1.165, 1.54) is 0 Å². The average Bonchev–Trinajstić information content (AvgIpc) is 3.01. The van der Waals surface area contributed by atoms with E-state index in [2.05, 4.69) is 71.1 Å². The lowest BCUT2D eigenvalue weighted by molar-refractivity contribution is -0.251. The van der Waals surface area contributed by atoms with Gasteiger partial charge in [0.05, 0.1) is 33.0 Å². The first-order chi connectivity index (χ1) is 19.8. The van der Waals surface area contributed by atoms with Gasteiger partial charge in [-0.3, -0.25) is 0 Å². The molecule has 5 atom stereocenters. The van der Waals surface area contributed by atoms with Crippen LogP contribution in [0.5, 0.6) is 0 Å². The monoisotopic (exact) mass is 650 g/mol. The number of hydrogen-bond donors (Lipinski definition) is 0. The molecule has 208 valence electrons. The van der Waals surface area contributed by atoms with E-state index in [1.54, 1.807) is 0 Å². The SMILES string of the molecule is IC1OC(COCc2ccccc2)C(OCc2ccccc2)C(OCc2ccccc2)C1OCc1ccccc1. The molecule has 5 unspecified atom stereocenters. The summed E-state index contributed by atoms with van der Waals surface area (Å²) in [6.45, 7) is 2.22. The molecule has 1 aliphatic heterocycles. The first-order valence-corrected chi connectivity index (χ1v) is 14.9. The molecule has 0 radical (unpaired) electrons. The van der Waals surface area contributed by atoms with Crippen LogP contribution in [-0.2, 0) is 50.1 Å². The van der Waals surface area contributed by atoms with Crippen LogP contribution in [0.2, 0.25) is 0 Å². The third-order valence-corrected chi connectivity index (χ3v) is 7.83.